The van der Waals surface area contributed by atoms with E-state index in [-0.39, 0.29) is 67.8 Å². The van der Waals surface area contributed by atoms with Crippen molar-refractivity contribution in [1.82, 2.24) is 56.7 Å². The van der Waals surface area contributed by atoms with Crippen LogP contribution in [0.15, 0.2) is 102 Å². The van der Waals surface area contributed by atoms with Crippen molar-refractivity contribution in [1.29, 1.82) is 0 Å². The number of carbonyl (C=O) groups excluding carboxylic acids is 7. The van der Waals surface area contributed by atoms with E-state index in [1.54, 1.807) is 83.7 Å². The van der Waals surface area contributed by atoms with Gasteiger partial charge in [0, 0.05) is 71.7 Å². The number of allylic oxidation sites excluding steroid dienone is 1. The maximum Gasteiger partial charge on any atom is 0.342 e. The Morgan fingerprint density at radius 3 is 2.45 bits per heavy atom. The van der Waals surface area contributed by atoms with Crippen molar-refractivity contribution in [3.05, 3.63) is 153 Å². The average Bonchev–Trinajstić information content (AvgIpc) is 4.31. The van der Waals surface area contributed by atoms with Crippen molar-refractivity contribution in [3.63, 3.8) is 0 Å². The molecule has 0 bridgehead atoms. The van der Waals surface area contributed by atoms with Gasteiger partial charge in [0.05, 0.1) is 60.9 Å². The second kappa shape index (κ2) is 22.4. The van der Waals surface area contributed by atoms with E-state index in [1.165, 1.54) is 29.8 Å². The molecule has 7 heterocycles. The highest BCUT2D eigenvalue weighted by molar-refractivity contribution is 5.98. The summed E-state index contributed by atoms with van der Waals surface area (Å²) in [7, 11) is 0. The van der Waals surface area contributed by atoms with Gasteiger partial charge in [-0.3, -0.25) is 38.6 Å². The van der Waals surface area contributed by atoms with E-state index in [1.807, 2.05) is 0 Å². The van der Waals surface area contributed by atoms with Crippen molar-refractivity contribution in [3.8, 4) is 11.4 Å². The summed E-state index contributed by atoms with van der Waals surface area (Å²) in [4.78, 5) is 114. The Kier molecular flexibility index (Phi) is 15.3. The van der Waals surface area contributed by atoms with Gasteiger partial charge in [0.25, 0.3) is 11.5 Å². The summed E-state index contributed by atoms with van der Waals surface area (Å²) in [6.45, 7) is 5.81. The van der Waals surface area contributed by atoms with Gasteiger partial charge in [-0.15, -0.1) is 5.53 Å². The van der Waals surface area contributed by atoms with Crippen LogP contribution in [0.1, 0.15) is 71.6 Å². The van der Waals surface area contributed by atoms with Gasteiger partial charge in [0.15, 0.2) is 5.60 Å². The number of carbonyl (C=O) groups is 7. The largest absolute Gasteiger partial charge is 0.458 e. The monoisotopic (exact) mass is 1050 g/mol. The molecule has 398 valence electrons. The number of nitrogens with zero attached hydrogens (tertiary/aromatic N) is 5. The topological polar surface area (TPSA) is 287 Å². The number of ether oxygens (including phenoxy) is 1. The quantitative estimate of drug-likeness (QED) is 0.0400. The third-order valence-corrected chi connectivity index (χ3v) is 13.6. The van der Waals surface area contributed by atoms with E-state index in [0.29, 0.717) is 87.3 Å². The van der Waals surface area contributed by atoms with Crippen LogP contribution in [0.2, 0.25) is 0 Å². The number of pyridine rings is 3. The van der Waals surface area contributed by atoms with Gasteiger partial charge in [-0.25, -0.2) is 19.2 Å². The van der Waals surface area contributed by atoms with Crippen LogP contribution in [0.5, 0.6) is 0 Å². The van der Waals surface area contributed by atoms with Crippen LogP contribution in [-0.4, -0.2) is 103 Å². The number of aromatic nitrogens is 3. The van der Waals surface area contributed by atoms with Crippen LogP contribution in [0.4, 0.5) is 10.2 Å². The van der Waals surface area contributed by atoms with Gasteiger partial charge in [-0.05, 0) is 73.7 Å². The number of cyclic esters (lactones) is 1. The van der Waals surface area contributed by atoms with Crippen LogP contribution in [-0.2, 0) is 70.0 Å². The molecule has 23 heteroatoms. The fourth-order valence-electron chi connectivity index (χ4n) is 9.45. The molecule has 0 spiro atoms. The lowest BCUT2D eigenvalue weighted by Crippen LogP contribution is -2.52. The minimum absolute atomic E-state index is 0.0560. The number of amides is 6. The maximum atomic E-state index is 15.1. The summed E-state index contributed by atoms with van der Waals surface area (Å²) in [5.74, 6) is -4.31. The molecule has 4 aliphatic heterocycles. The summed E-state index contributed by atoms with van der Waals surface area (Å²) >= 11 is 0. The number of anilines is 1. The molecule has 0 aliphatic carbocycles. The number of nitrogens with one attached hydrogen (secondary N) is 7. The number of hydrogen-bond donors (Lipinski definition) is 8. The molecule has 22 nitrogen and oxygen atoms in total. The highest BCUT2D eigenvalue weighted by Gasteiger charge is 2.43. The SMILES string of the molecule is C=C1C=CC(=O)N1CCCCCC(=O)NCC(=O)NCC(=O)N[C@H](Cc1ccccc1)C(=O)NCC(=O)Nc1ncccc1C1=CN(Cc2c3c(nc4cc(F)c(C)cc24)-c2cc4c(c(=O)n2C3)COC(=O)[C@@]4(C)O)NN1. The first kappa shape index (κ1) is 52.8. The van der Waals surface area contributed by atoms with Gasteiger partial charge in [-0.1, -0.05) is 43.3 Å². The van der Waals surface area contributed by atoms with E-state index >= 15 is 4.39 Å². The Labute approximate surface area is 439 Å². The van der Waals surface area contributed by atoms with E-state index in [2.05, 4.69) is 49.1 Å². The number of rotatable bonds is 20. The fourth-order valence-corrected chi connectivity index (χ4v) is 9.45. The smallest absolute Gasteiger partial charge is 0.342 e. The average molecular weight is 1050 g/mol. The van der Waals surface area contributed by atoms with E-state index in [4.69, 9.17) is 9.72 Å². The first-order valence-electron chi connectivity index (χ1n) is 24.8. The second-order valence-corrected chi connectivity index (χ2v) is 19.1. The molecule has 6 amide bonds. The van der Waals surface area contributed by atoms with Crippen molar-refractivity contribution in [2.24, 2.45) is 0 Å². The van der Waals surface area contributed by atoms with Gasteiger partial charge in [0.2, 0.25) is 29.5 Å². The van der Waals surface area contributed by atoms with Crippen LogP contribution < -0.4 is 43.1 Å². The molecule has 8 N–H and O–H groups in total. The lowest BCUT2D eigenvalue weighted by Gasteiger charge is -2.29. The van der Waals surface area contributed by atoms with Crippen LogP contribution >= 0.6 is 0 Å². The summed E-state index contributed by atoms with van der Waals surface area (Å²) < 4.78 is 21.8. The minimum atomic E-state index is -2.07. The van der Waals surface area contributed by atoms with Gasteiger partial charge in [0.1, 0.15) is 24.3 Å². The van der Waals surface area contributed by atoms with E-state index < -0.39 is 65.7 Å². The molecular weight excluding hydrogens is 996 g/mol. The number of hydrazine groups is 2. The van der Waals surface area contributed by atoms with Gasteiger partial charge >= 0.3 is 5.97 Å². The number of hydrogen-bond acceptors (Lipinski definition) is 15. The zero-order valence-corrected chi connectivity index (χ0v) is 42.1. The minimum Gasteiger partial charge on any atom is -0.458 e. The predicted molar refractivity (Wildman–Crippen MR) is 277 cm³/mol. The fraction of sp³-hybridized carbons (Fsp3) is 0.296. The summed E-state index contributed by atoms with van der Waals surface area (Å²) in [5, 5.41) is 26.3. The first-order chi connectivity index (χ1) is 36.9. The Balaban J connectivity index is 0.808. The molecule has 0 fully saturated rings. The second-order valence-electron chi connectivity index (χ2n) is 19.1. The molecule has 0 saturated carbocycles. The molecular formula is C54H55FN12O10. The lowest BCUT2D eigenvalue weighted by molar-refractivity contribution is -0.169. The van der Waals surface area contributed by atoms with Crippen molar-refractivity contribution in [2.45, 2.75) is 77.3 Å². The van der Waals surface area contributed by atoms with Crippen LogP contribution in [0.3, 0.4) is 0 Å². The summed E-state index contributed by atoms with van der Waals surface area (Å²) in [5.41, 5.74) is 9.05. The normalized spacial score (nSPS) is 16.5. The van der Waals surface area contributed by atoms with Crippen molar-refractivity contribution < 1.29 is 47.8 Å². The molecule has 0 radical (unpaired) electrons. The predicted octanol–water partition coefficient (Wildman–Crippen LogP) is 1.84. The number of fused-ring (bicyclic) bond motifs is 5. The lowest BCUT2D eigenvalue weighted by atomic mass is 9.89. The van der Waals surface area contributed by atoms with E-state index in [9.17, 15) is 43.5 Å². The van der Waals surface area contributed by atoms with Crippen molar-refractivity contribution >= 4 is 63.8 Å². The molecule has 4 aliphatic rings. The number of aliphatic hydroxyl groups is 1. The number of esters is 1. The molecule has 5 aromatic rings. The number of halogens is 1. The summed E-state index contributed by atoms with van der Waals surface area (Å²) in [6.07, 6.45) is 8.46. The number of benzene rings is 2. The molecule has 2 atom stereocenters. The standard InChI is InChI=1S/C54H55FN12O10/c1-30-19-34-35(36-27-67-43(49(36)61-40(34)22-39(30)55)21-38-37(52(67)74)29-77-53(75)54(38,3)76)26-65-28-42(63-64-65)33-13-10-17-56-50(33)62-47(71)25-59-51(73)41(20-32-11-6-4-7-12-32)60-46(70)24-58-45(69)23-57-44(68)14-8-5-9-18-66-31(2)15-16-48(66)72/h4,6-7,10-13,15-17,19,21-22,28,41,63-64,76H,2,5,8-9,14,18,20,23-27,29H2,1,3H3,(H,57,68)(H,58,69)(H,59,73)(H,60,70)(H,56,62,71)/t41-,54+/m1/s1. The zero-order chi connectivity index (χ0) is 54.5. The Bertz CT molecular complexity index is 3380. The first-order valence-corrected chi connectivity index (χ1v) is 24.8. The number of aryl methyl sites for hydroxylation is 1. The molecule has 77 heavy (non-hydrogen) atoms. The van der Waals surface area contributed by atoms with E-state index in [0.717, 1.165) is 0 Å². The molecule has 2 aromatic carbocycles. The maximum absolute atomic E-state index is 15.1. The molecule has 9 rings (SSSR count). The molecule has 3 aromatic heterocycles. The summed E-state index contributed by atoms with van der Waals surface area (Å²) in [6, 6.07) is 15.7. The van der Waals surface area contributed by atoms with Crippen LogP contribution in [0.25, 0.3) is 28.0 Å². The van der Waals surface area contributed by atoms with Gasteiger partial charge in [-0.2, -0.15) is 0 Å². The Hall–Kier alpha value is -9.09. The highest BCUT2D eigenvalue weighted by Crippen LogP contribution is 2.40. The van der Waals surface area contributed by atoms with Gasteiger partial charge < -0.3 is 51.3 Å². The third kappa shape index (κ3) is 11.6. The van der Waals surface area contributed by atoms with Crippen LogP contribution in [0, 0.1) is 12.7 Å². The molecule has 0 unspecified atom stereocenters. The number of unbranched alkanes of at least 4 members (excludes halogenated alkanes) is 2. The third-order valence-electron chi connectivity index (χ3n) is 13.6. The zero-order valence-electron chi connectivity index (χ0n) is 42.1. The Morgan fingerprint density at radius 2 is 1.68 bits per heavy atom. The molecule has 0 saturated heterocycles. The highest BCUT2D eigenvalue weighted by atomic mass is 19.1. The Morgan fingerprint density at radius 1 is 0.909 bits per heavy atom. The van der Waals surface area contributed by atoms with Crippen molar-refractivity contribution in [2.75, 3.05) is 31.5 Å².